The Morgan fingerprint density at radius 2 is 2.04 bits per heavy atom. The summed E-state index contributed by atoms with van der Waals surface area (Å²) in [5.41, 5.74) is 1.66. The number of pyridine rings is 1. The molecule has 3 rings (SSSR count). The van der Waals surface area contributed by atoms with Crippen LogP contribution in [0, 0.1) is 6.92 Å². The molecule has 7 heteroatoms. The predicted octanol–water partition coefficient (Wildman–Crippen LogP) is 2.24. The largest absolute Gasteiger partial charge is 0.355 e. The number of hydrogen-bond donors (Lipinski definition) is 0. The van der Waals surface area contributed by atoms with E-state index in [1.807, 2.05) is 18.1 Å². The molecule has 0 N–H and O–H groups in total. The highest BCUT2D eigenvalue weighted by Gasteiger charge is 2.22. The highest BCUT2D eigenvalue weighted by molar-refractivity contribution is 9.10. The standard InChI is InChI=1S/C16H20BrN5O/c1-12-8-13(17)9-18-15(12)21-4-3-5-22(7-6-21)16(23)14-10-20(2)11-19-14/h8-11H,3-7H2,1-2H3. The highest BCUT2D eigenvalue weighted by Crippen LogP contribution is 2.22. The average Bonchev–Trinajstić information content (AvgIpc) is 2.81. The van der Waals surface area contributed by atoms with Crippen LogP contribution in [0.15, 0.2) is 29.3 Å². The number of anilines is 1. The number of nitrogens with zero attached hydrogens (tertiary/aromatic N) is 5. The van der Waals surface area contributed by atoms with Gasteiger partial charge >= 0.3 is 0 Å². The SMILES string of the molecule is Cc1cc(Br)cnc1N1CCCN(C(=O)c2cn(C)cn2)CC1. The van der Waals surface area contributed by atoms with Crippen molar-refractivity contribution in [2.24, 2.45) is 7.05 Å². The lowest BCUT2D eigenvalue weighted by atomic mass is 10.2. The van der Waals surface area contributed by atoms with Crippen molar-refractivity contribution in [2.75, 3.05) is 31.1 Å². The lowest BCUT2D eigenvalue weighted by molar-refractivity contribution is 0.0761. The number of aryl methyl sites for hydroxylation is 2. The van der Waals surface area contributed by atoms with Gasteiger partial charge in [0.15, 0.2) is 0 Å². The number of rotatable bonds is 2. The summed E-state index contributed by atoms with van der Waals surface area (Å²) in [6.45, 7) is 5.19. The van der Waals surface area contributed by atoms with Crippen LogP contribution in [0.4, 0.5) is 5.82 Å². The molecule has 2 aromatic heterocycles. The maximum atomic E-state index is 12.5. The lowest BCUT2D eigenvalue weighted by Gasteiger charge is -2.24. The van der Waals surface area contributed by atoms with Gasteiger partial charge in [-0.2, -0.15) is 0 Å². The Bertz CT molecular complexity index is 714. The van der Waals surface area contributed by atoms with E-state index in [-0.39, 0.29) is 5.91 Å². The molecule has 0 spiro atoms. The van der Waals surface area contributed by atoms with Crippen LogP contribution in [-0.4, -0.2) is 51.5 Å². The monoisotopic (exact) mass is 377 g/mol. The topological polar surface area (TPSA) is 54.3 Å². The van der Waals surface area contributed by atoms with Gasteiger partial charge in [-0.1, -0.05) is 0 Å². The second kappa shape index (κ2) is 6.70. The molecule has 0 atom stereocenters. The molecule has 23 heavy (non-hydrogen) atoms. The number of hydrogen-bond acceptors (Lipinski definition) is 4. The highest BCUT2D eigenvalue weighted by atomic mass is 79.9. The molecule has 1 amide bonds. The first-order chi connectivity index (χ1) is 11.0. The second-order valence-electron chi connectivity index (χ2n) is 5.85. The van der Waals surface area contributed by atoms with Crippen molar-refractivity contribution in [1.82, 2.24) is 19.4 Å². The fourth-order valence-electron chi connectivity index (χ4n) is 2.88. The number of halogens is 1. The van der Waals surface area contributed by atoms with Crippen molar-refractivity contribution in [2.45, 2.75) is 13.3 Å². The first kappa shape index (κ1) is 16.0. The third kappa shape index (κ3) is 3.55. The summed E-state index contributed by atoms with van der Waals surface area (Å²) in [6.07, 6.45) is 6.18. The van der Waals surface area contributed by atoms with Crippen molar-refractivity contribution in [3.63, 3.8) is 0 Å². The first-order valence-corrected chi connectivity index (χ1v) is 8.48. The molecular weight excluding hydrogens is 358 g/mol. The molecule has 0 radical (unpaired) electrons. The van der Waals surface area contributed by atoms with Gasteiger partial charge in [0.1, 0.15) is 11.5 Å². The summed E-state index contributed by atoms with van der Waals surface area (Å²) in [4.78, 5) is 25.4. The third-order valence-electron chi connectivity index (χ3n) is 4.02. The van der Waals surface area contributed by atoms with E-state index >= 15 is 0 Å². The normalized spacial score (nSPS) is 15.6. The number of carbonyl (C=O) groups is 1. The molecule has 0 unspecified atom stereocenters. The molecule has 1 fully saturated rings. The van der Waals surface area contributed by atoms with Crippen molar-refractivity contribution >= 4 is 27.7 Å². The van der Waals surface area contributed by atoms with E-state index in [1.54, 1.807) is 17.1 Å². The van der Waals surface area contributed by atoms with Crippen LogP contribution < -0.4 is 4.90 Å². The fourth-order valence-corrected chi connectivity index (χ4v) is 3.33. The summed E-state index contributed by atoms with van der Waals surface area (Å²) in [5, 5.41) is 0. The van der Waals surface area contributed by atoms with E-state index in [1.165, 1.54) is 0 Å². The average molecular weight is 378 g/mol. The molecule has 0 aromatic carbocycles. The molecule has 2 aromatic rings. The first-order valence-electron chi connectivity index (χ1n) is 7.69. The maximum Gasteiger partial charge on any atom is 0.274 e. The van der Waals surface area contributed by atoms with E-state index in [9.17, 15) is 4.79 Å². The minimum atomic E-state index is 0.00735. The van der Waals surface area contributed by atoms with Gasteiger partial charge in [-0.3, -0.25) is 4.79 Å². The zero-order valence-electron chi connectivity index (χ0n) is 13.4. The lowest BCUT2D eigenvalue weighted by Crippen LogP contribution is -2.35. The Labute approximate surface area is 144 Å². The number of aromatic nitrogens is 3. The Morgan fingerprint density at radius 3 is 2.74 bits per heavy atom. The van der Waals surface area contributed by atoms with E-state index in [0.717, 1.165) is 41.9 Å². The Morgan fingerprint density at radius 1 is 1.22 bits per heavy atom. The molecule has 0 aliphatic carbocycles. The second-order valence-corrected chi connectivity index (χ2v) is 6.77. The molecule has 1 aliphatic heterocycles. The van der Waals surface area contributed by atoms with Crippen LogP contribution in [0.3, 0.4) is 0 Å². The third-order valence-corrected chi connectivity index (χ3v) is 4.46. The van der Waals surface area contributed by atoms with Gasteiger partial charge in [-0.25, -0.2) is 9.97 Å². The quantitative estimate of drug-likeness (QED) is 0.805. The van der Waals surface area contributed by atoms with Gasteiger partial charge in [-0.05, 0) is 40.9 Å². The summed E-state index contributed by atoms with van der Waals surface area (Å²) >= 11 is 3.45. The van der Waals surface area contributed by atoms with E-state index in [4.69, 9.17) is 0 Å². The molecule has 0 bridgehead atoms. The van der Waals surface area contributed by atoms with Crippen LogP contribution in [0.1, 0.15) is 22.5 Å². The molecule has 1 saturated heterocycles. The number of amides is 1. The summed E-state index contributed by atoms with van der Waals surface area (Å²) < 4.78 is 2.78. The van der Waals surface area contributed by atoms with E-state index in [2.05, 4.69) is 43.8 Å². The van der Waals surface area contributed by atoms with Gasteiger partial charge in [-0.15, -0.1) is 0 Å². The molecular formula is C16H20BrN5O. The predicted molar refractivity (Wildman–Crippen MR) is 92.6 cm³/mol. The Kier molecular flexibility index (Phi) is 4.66. The molecule has 3 heterocycles. The van der Waals surface area contributed by atoms with E-state index in [0.29, 0.717) is 12.2 Å². The van der Waals surface area contributed by atoms with Gasteiger partial charge < -0.3 is 14.4 Å². The van der Waals surface area contributed by atoms with E-state index < -0.39 is 0 Å². The molecule has 1 aliphatic rings. The van der Waals surface area contributed by atoms with Crippen molar-refractivity contribution < 1.29 is 4.79 Å². The summed E-state index contributed by atoms with van der Waals surface area (Å²) in [6, 6.07) is 2.07. The minimum Gasteiger partial charge on any atom is -0.355 e. The molecule has 0 saturated carbocycles. The summed E-state index contributed by atoms with van der Waals surface area (Å²) in [7, 11) is 1.87. The zero-order chi connectivity index (χ0) is 16.4. The molecule has 122 valence electrons. The van der Waals surface area contributed by atoms with Gasteiger partial charge in [0.2, 0.25) is 0 Å². The minimum absolute atomic E-state index is 0.00735. The Hall–Kier alpha value is -1.89. The van der Waals surface area contributed by atoms with Gasteiger partial charge in [0, 0.05) is 50.1 Å². The van der Waals surface area contributed by atoms with Gasteiger partial charge in [0.25, 0.3) is 5.91 Å². The zero-order valence-corrected chi connectivity index (χ0v) is 15.0. The van der Waals surface area contributed by atoms with Crippen LogP contribution in [0.5, 0.6) is 0 Å². The molecule has 6 nitrogen and oxygen atoms in total. The van der Waals surface area contributed by atoms with Crippen LogP contribution >= 0.6 is 15.9 Å². The number of imidazole rings is 1. The smallest absolute Gasteiger partial charge is 0.274 e. The number of carbonyl (C=O) groups excluding carboxylic acids is 1. The van der Waals surface area contributed by atoms with Crippen molar-refractivity contribution in [1.29, 1.82) is 0 Å². The van der Waals surface area contributed by atoms with Gasteiger partial charge in [0.05, 0.1) is 6.33 Å². The Balaban J connectivity index is 1.70. The summed E-state index contributed by atoms with van der Waals surface area (Å²) in [5.74, 6) is 1.01. The van der Waals surface area contributed by atoms with Crippen LogP contribution in [0.25, 0.3) is 0 Å². The fraction of sp³-hybridized carbons (Fsp3) is 0.438. The maximum absolute atomic E-state index is 12.5. The van der Waals surface area contributed by atoms with Crippen molar-refractivity contribution in [3.8, 4) is 0 Å². The van der Waals surface area contributed by atoms with Crippen LogP contribution in [-0.2, 0) is 7.05 Å². The van der Waals surface area contributed by atoms with Crippen molar-refractivity contribution in [3.05, 3.63) is 40.5 Å². The van der Waals surface area contributed by atoms with Crippen LogP contribution in [0.2, 0.25) is 0 Å².